The predicted octanol–water partition coefficient (Wildman–Crippen LogP) is 2.33. The van der Waals surface area contributed by atoms with Crippen LogP contribution >= 0.6 is 0 Å². The average Bonchev–Trinajstić information content (AvgIpc) is 2.84. The SMILES string of the molecule is Cn1ncc2c1CCC(=Cc1cccc(C(=O)O)c1)C2=O. The number of carboxylic acids is 1. The fourth-order valence-electron chi connectivity index (χ4n) is 2.59. The first-order valence-electron chi connectivity index (χ1n) is 6.66. The van der Waals surface area contributed by atoms with Crippen LogP contribution in [0.4, 0.5) is 0 Å². The van der Waals surface area contributed by atoms with Crippen molar-refractivity contribution in [3.8, 4) is 0 Å². The number of hydrogen-bond acceptors (Lipinski definition) is 3. The molecular formula is C16H14N2O3. The smallest absolute Gasteiger partial charge is 0.335 e. The standard InChI is InChI=1S/C16H14N2O3/c1-18-14-6-5-11(15(19)13(14)9-17-18)7-10-3-2-4-12(8-10)16(20)21/h2-4,7-9H,5-6H2,1H3,(H,20,21). The summed E-state index contributed by atoms with van der Waals surface area (Å²) in [5.74, 6) is -0.996. The van der Waals surface area contributed by atoms with Gasteiger partial charge >= 0.3 is 5.97 Å². The molecule has 0 aliphatic heterocycles. The fraction of sp³-hybridized carbons (Fsp3) is 0.188. The summed E-state index contributed by atoms with van der Waals surface area (Å²) in [6.45, 7) is 0. The molecule has 3 rings (SSSR count). The van der Waals surface area contributed by atoms with Crippen molar-refractivity contribution in [2.24, 2.45) is 7.05 Å². The second-order valence-electron chi connectivity index (χ2n) is 5.06. The van der Waals surface area contributed by atoms with E-state index in [0.717, 1.165) is 17.7 Å². The zero-order valence-corrected chi connectivity index (χ0v) is 11.5. The Kier molecular flexibility index (Phi) is 3.17. The van der Waals surface area contributed by atoms with E-state index in [4.69, 9.17) is 5.11 Å². The predicted molar refractivity (Wildman–Crippen MR) is 77.2 cm³/mol. The maximum Gasteiger partial charge on any atom is 0.335 e. The van der Waals surface area contributed by atoms with E-state index in [1.165, 1.54) is 6.07 Å². The van der Waals surface area contributed by atoms with Crippen LogP contribution in [0, 0.1) is 0 Å². The summed E-state index contributed by atoms with van der Waals surface area (Å²) >= 11 is 0. The first kappa shape index (κ1) is 13.3. The first-order chi connectivity index (χ1) is 10.1. The Labute approximate surface area is 121 Å². The molecule has 0 saturated heterocycles. The van der Waals surface area contributed by atoms with Crippen LogP contribution in [-0.2, 0) is 13.5 Å². The van der Waals surface area contributed by atoms with Gasteiger partial charge in [-0.05, 0) is 36.6 Å². The van der Waals surface area contributed by atoms with Crippen molar-refractivity contribution in [2.45, 2.75) is 12.8 Å². The maximum atomic E-state index is 12.4. The number of aryl methyl sites for hydroxylation is 1. The molecule has 0 fully saturated rings. The molecule has 21 heavy (non-hydrogen) atoms. The number of aromatic carboxylic acids is 1. The molecule has 5 nitrogen and oxygen atoms in total. The largest absolute Gasteiger partial charge is 0.478 e. The van der Waals surface area contributed by atoms with E-state index < -0.39 is 5.97 Å². The molecular weight excluding hydrogens is 268 g/mol. The Bertz CT molecular complexity index is 772. The van der Waals surface area contributed by atoms with Gasteiger partial charge < -0.3 is 5.11 Å². The zero-order chi connectivity index (χ0) is 15.0. The highest BCUT2D eigenvalue weighted by atomic mass is 16.4. The lowest BCUT2D eigenvalue weighted by Crippen LogP contribution is -2.15. The molecule has 1 aromatic heterocycles. The summed E-state index contributed by atoms with van der Waals surface area (Å²) < 4.78 is 1.73. The van der Waals surface area contributed by atoms with Crippen molar-refractivity contribution < 1.29 is 14.7 Å². The van der Waals surface area contributed by atoms with Crippen LogP contribution < -0.4 is 0 Å². The van der Waals surface area contributed by atoms with Gasteiger partial charge in [-0.1, -0.05) is 12.1 Å². The van der Waals surface area contributed by atoms with E-state index in [1.807, 2.05) is 7.05 Å². The Morgan fingerprint density at radius 3 is 2.95 bits per heavy atom. The lowest BCUT2D eigenvalue weighted by molar-refractivity contribution is 0.0696. The van der Waals surface area contributed by atoms with Crippen LogP contribution in [0.1, 0.15) is 38.4 Å². The van der Waals surface area contributed by atoms with E-state index in [1.54, 1.807) is 35.2 Å². The maximum absolute atomic E-state index is 12.4. The molecule has 0 saturated carbocycles. The minimum absolute atomic E-state index is 0.0231. The van der Waals surface area contributed by atoms with E-state index >= 15 is 0 Å². The third-order valence-electron chi connectivity index (χ3n) is 3.70. The summed E-state index contributed by atoms with van der Waals surface area (Å²) in [7, 11) is 1.83. The lowest BCUT2D eigenvalue weighted by atomic mass is 9.90. The van der Waals surface area contributed by atoms with E-state index in [2.05, 4.69) is 5.10 Å². The van der Waals surface area contributed by atoms with E-state index in [0.29, 0.717) is 17.6 Å². The van der Waals surface area contributed by atoms with Gasteiger partial charge in [-0.2, -0.15) is 5.10 Å². The molecule has 0 radical (unpaired) electrons. The van der Waals surface area contributed by atoms with Gasteiger partial charge in [0.2, 0.25) is 0 Å². The number of benzene rings is 1. The summed E-state index contributed by atoms with van der Waals surface area (Å²) in [5, 5.41) is 13.1. The number of hydrogen-bond donors (Lipinski definition) is 1. The van der Waals surface area contributed by atoms with Crippen molar-refractivity contribution in [1.29, 1.82) is 0 Å². The number of allylic oxidation sites excluding steroid dienone is 1. The minimum atomic E-state index is -0.972. The Hall–Kier alpha value is -2.69. The number of carbonyl (C=O) groups is 2. The average molecular weight is 282 g/mol. The van der Waals surface area contributed by atoms with Crippen molar-refractivity contribution >= 4 is 17.8 Å². The summed E-state index contributed by atoms with van der Waals surface area (Å²) in [5.41, 5.74) is 3.24. The Balaban J connectivity index is 1.96. The van der Waals surface area contributed by atoms with Crippen molar-refractivity contribution in [3.05, 3.63) is 58.4 Å². The van der Waals surface area contributed by atoms with E-state index in [9.17, 15) is 9.59 Å². The number of nitrogens with zero attached hydrogens (tertiary/aromatic N) is 2. The molecule has 1 aromatic carbocycles. The van der Waals surface area contributed by atoms with Crippen molar-refractivity contribution in [1.82, 2.24) is 9.78 Å². The molecule has 0 atom stereocenters. The number of carbonyl (C=O) groups excluding carboxylic acids is 1. The Morgan fingerprint density at radius 1 is 1.38 bits per heavy atom. The van der Waals surface area contributed by atoms with Gasteiger partial charge in [-0.25, -0.2) is 4.79 Å². The highest BCUT2D eigenvalue weighted by Gasteiger charge is 2.24. The van der Waals surface area contributed by atoms with Gasteiger partial charge in [0.05, 0.1) is 17.3 Å². The van der Waals surface area contributed by atoms with Crippen LogP contribution in [0.25, 0.3) is 6.08 Å². The number of rotatable bonds is 2. The minimum Gasteiger partial charge on any atom is -0.478 e. The van der Waals surface area contributed by atoms with Crippen LogP contribution in [-0.4, -0.2) is 26.6 Å². The van der Waals surface area contributed by atoms with Gasteiger partial charge in [-0.15, -0.1) is 0 Å². The van der Waals surface area contributed by atoms with Crippen LogP contribution in [0.3, 0.4) is 0 Å². The van der Waals surface area contributed by atoms with Gasteiger partial charge in [0.25, 0.3) is 0 Å². The molecule has 1 N–H and O–H groups in total. The number of Topliss-reactive ketones (excluding diaryl/α,β-unsaturated/α-hetero) is 1. The molecule has 1 aliphatic rings. The molecule has 1 aliphatic carbocycles. The Morgan fingerprint density at radius 2 is 2.19 bits per heavy atom. The second kappa shape index (κ2) is 5.01. The molecule has 2 aromatic rings. The van der Waals surface area contributed by atoms with Crippen LogP contribution in [0.5, 0.6) is 0 Å². The van der Waals surface area contributed by atoms with Crippen LogP contribution in [0.2, 0.25) is 0 Å². The lowest BCUT2D eigenvalue weighted by Gasteiger charge is -2.14. The van der Waals surface area contributed by atoms with Gasteiger partial charge in [0.1, 0.15) is 0 Å². The normalized spacial score (nSPS) is 16.0. The monoisotopic (exact) mass is 282 g/mol. The molecule has 0 amide bonds. The molecule has 0 bridgehead atoms. The summed E-state index contributed by atoms with van der Waals surface area (Å²) in [4.78, 5) is 23.4. The quantitative estimate of drug-likeness (QED) is 0.858. The summed E-state index contributed by atoms with van der Waals surface area (Å²) in [6.07, 6.45) is 4.77. The van der Waals surface area contributed by atoms with Gasteiger partial charge in [-0.3, -0.25) is 9.48 Å². The third-order valence-corrected chi connectivity index (χ3v) is 3.70. The second-order valence-corrected chi connectivity index (χ2v) is 5.06. The van der Waals surface area contributed by atoms with Gasteiger partial charge in [0.15, 0.2) is 5.78 Å². The molecule has 0 unspecified atom stereocenters. The summed E-state index contributed by atoms with van der Waals surface area (Å²) in [6, 6.07) is 6.58. The number of aromatic nitrogens is 2. The van der Waals surface area contributed by atoms with Crippen LogP contribution in [0.15, 0.2) is 36.0 Å². The highest BCUT2D eigenvalue weighted by molar-refractivity contribution is 6.12. The third kappa shape index (κ3) is 2.38. The number of ketones is 1. The molecule has 5 heteroatoms. The molecule has 1 heterocycles. The molecule has 106 valence electrons. The fourth-order valence-corrected chi connectivity index (χ4v) is 2.59. The zero-order valence-electron chi connectivity index (χ0n) is 11.5. The number of carboxylic acid groups (broad SMARTS) is 1. The van der Waals surface area contributed by atoms with Crippen molar-refractivity contribution in [3.63, 3.8) is 0 Å². The highest BCUT2D eigenvalue weighted by Crippen LogP contribution is 2.26. The number of fused-ring (bicyclic) bond motifs is 1. The topological polar surface area (TPSA) is 72.2 Å². The molecule has 0 spiro atoms. The van der Waals surface area contributed by atoms with Gasteiger partial charge in [0, 0.05) is 18.3 Å². The van der Waals surface area contributed by atoms with E-state index in [-0.39, 0.29) is 11.3 Å². The van der Waals surface area contributed by atoms with Crippen molar-refractivity contribution in [2.75, 3.05) is 0 Å². The first-order valence-corrected chi connectivity index (χ1v) is 6.66.